The molecule has 0 radical (unpaired) electrons. The highest BCUT2D eigenvalue weighted by Crippen LogP contribution is 2.13. The van der Waals surface area contributed by atoms with E-state index in [0.717, 1.165) is 23.0 Å². The third-order valence-corrected chi connectivity index (χ3v) is 2.40. The second kappa shape index (κ2) is 4.26. The molecule has 0 aliphatic heterocycles. The summed E-state index contributed by atoms with van der Waals surface area (Å²) in [6.45, 7) is 5.86. The average molecular weight is 218 g/mol. The van der Waals surface area contributed by atoms with Crippen molar-refractivity contribution in [1.82, 2.24) is 25.1 Å². The van der Waals surface area contributed by atoms with E-state index >= 15 is 0 Å². The monoisotopic (exact) mass is 218 g/mol. The molecule has 2 N–H and O–H groups in total. The molecule has 0 amide bonds. The minimum atomic E-state index is 0.0268. The van der Waals surface area contributed by atoms with Crippen molar-refractivity contribution in [3.63, 3.8) is 0 Å². The van der Waals surface area contributed by atoms with Gasteiger partial charge < -0.3 is 5.32 Å². The second-order valence-electron chi connectivity index (χ2n) is 3.66. The van der Waals surface area contributed by atoms with Gasteiger partial charge in [-0.2, -0.15) is 5.10 Å². The molecule has 0 fully saturated rings. The molecule has 2 aromatic rings. The molecule has 2 aromatic heterocycles. The zero-order chi connectivity index (χ0) is 11.5. The number of anilines is 1. The Morgan fingerprint density at radius 3 is 2.69 bits per heavy atom. The summed E-state index contributed by atoms with van der Waals surface area (Å²) in [5, 5.41) is 9.82. The van der Waals surface area contributed by atoms with Gasteiger partial charge in [0.2, 0.25) is 0 Å². The van der Waals surface area contributed by atoms with E-state index in [2.05, 4.69) is 30.5 Å². The van der Waals surface area contributed by atoms with Crippen LogP contribution in [0, 0.1) is 13.8 Å². The largest absolute Gasteiger partial charge is 0.359 e. The maximum Gasteiger partial charge on any atom is 0.146 e. The first-order valence-corrected chi connectivity index (χ1v) is 5.09. The number of H-pyrrole nitrogens is 1. The summed E-state index contributed by atoms with van der Waals surface area (Å²) in [6.07, 6.45) is 3.20. The summed E-state index contributed by atoms with van der Waals surface area (Å²) >= 11 is 0. The van der Waals surface area contributed by atoms with Gasteiger partial charge in [-0.25, -0.2) is 9.97 Å². The first-order chi connectivity index (χ1) is 7.66. The Balaban J connectivity index is 2.12. The lowest BCUT2D eigenvalue weighted by Crippen LogP contribution is -2.10. The molecule has 84 valence electrons. The maximum absolute atomic E-state index is 4.39. The Bertz CT molecular complexity index is 464. The molecular weight excluding hydrogens is 204 g/mol. The highest BCUT2D eigenvalue weighted by atomic mass is 15.2. The second-order valence-corrected chi connectivity index (χ2v) is 3.66. The van der Waals surface area contributed by atoms with Crippen molar-refractivity contribution in [3.05, 3.63) is 29.7 Å². The number of hydrogen-bond donors (Lipinski definition) is 2. The molecule has 0 aromatic carbocycles. The Kier molecular flexibility index (Phi) is 2.80. The quantitative estimate of drug-likeness (QED) is 0.813. The molecule has 0 saturated heterocycles. The number of nitrogens with zero attached hydrogens (tertiary/aromatic N) is 4. The highest BCUT2D eigenvalue weighted by molar-refractivity contribution is 5.35. The zero-order valence-corrected chi connectivity index (χ0v) is 9.52. The third kappa shape index (κ3) is 2.16. The van der Waals surface area contributed by atoms with Crippen molar-refractivity contribution in [2.24, 2.45) is 0 Å². The van der Waals surface area contributed by atoms with Gasteiger partial charge in [0.15, 0.2) is 0 Å². The Morgan fingerprint density at radius 2 is 2.06 bits per heavy atom. The van der Waals surface area contributed by atoms with Gasteiger partial charge in [0.05, 0.1) is 23.6 Å². The molecule has 1 atom stereocenters. The normalized spacial score (nSPS) is 12.4. The van der Waals surface area contributed by atoms with Crippen molar-refractivity contribution < 1.29 is 0 Å². The number of hydrogen-bond acceptors (Lipinski definition) is 5. The van der Waals surface area contributed by atoms with E-state index in [1.807, 2.05) is 20.8 Å². The average Bonchev–Trinajstić information content (AvgIpc) is 2.77. The first kappa shape index (κ1) is 10.5. The van der Waals surface area contributed by atoms with Gasteiger partial charge in [-0.3, -0.25) is 10.1 Å². The fraction of sp³-hybridized carbons (Fsp3) is 0.400. The lowest BCUT2D eigenvalue weighted by atomic mass is 10.3. The van der Waals surface area contributed by atoms with Crippen molar-refractivity contribution in [2.75, 3.05) is 5.32 Å². The van der Waals surface area contributed by atoms with Crippen LogP contribution in [-0.4, -0.2) is 25.1 Å². The van der Waals surface area contributed by atoms with Crippen molar-refractivity contribution in [3.8, 4) is 0 Å². The van der Waals surface area contributed by atoms with E-state index in [4.69, 9.17) is 0 Å². The topological polar surface area (TPSA) is 79.4 Å². The maximum atomic E-state index is 4.39. The van der Waals surface area contributed by atoms with E-state index in [-0.39, 0.29) is 6.04 Å². The van der Waals surface area contributed by atoms with Crippen LogP contribution in [0.1, 0.15) is 30.2 Å². The van der Waals surface area contributed by atoms with Crippen LogP contribution in [0.4, 0.5) is 5.82 Å². The number of rotatable bonds is 3. The Hall–Kier alpha value is -1.98. The molecule has 2 rings (SSSR count). The van der Waals surface area contributed by atoms with Gasteiger partial charge in [0, 0.05) is 0 Å². The summed E-state index contributed by atoms with van der Waals surface area (Å²) in [5.41, 5.74) is 1.87. The van der Waals surface area contributed by atoms with Crippen LogP contribution >= 0.6 is 0 Å². The van der Waals surface area contributed by atoms with E-state index in [0.29, 0.717) is 0 Å². The number of aromatic nitrogens is 5. The minimum Gasteiger partial charge on any atom is -0.359 e. The SMILES string of the molecule is Cc1ncc(NC(C)c2ncn[nH]2)nc1C. The Morgan fingerprint density at radius 1 is 1.25 bits per heavy atom. The van der Waals surface area contributed by atoms with Crippen LogP contribution in [0.15, 0.2) is 12.5 Å². The van der Waals surface area contributed by atoms with Gasteiger partial charge in [0.25, 0.3) is 0 Å². The molecule has 1 unspecified atom stereocenters. The molecule has 0 aliphatic carbocycles. The first-order valence-electron chi connectivity index (χ1n) is 5.09. The highest BCUT2D eigenvalue weighted by Gasteiger charge is 2.09. The molecule has 6 nitrogen and oxygen atoms in total. The minimum absolute atomic E-state index is 0.0268. The van der Waals surface area contributed by atoms with Crippen LogP contribution in [0.2, 0.25) is 0 Å². The predicted molar refractivity (Wildman–Crippen MR) is 59.9 cm³/mol. The molecule has 2 heterocycles. The van der Waals surface area contributed by atoms with Gasteiger partial charge in [-0.05, 0) is 20.8 Å². The molecule has 0 aliphatic rings. The number of nitrogens with one attached hydrogen (secondary N) is 2. The smallest absolute Gasteiger partial charge is 0.146 e. The molecule has 16 heavy (non-hydrogen) atoms. The van der Waals surface area contributed by atoms with E-state index in [9.17, 15) is 0 Å². The van der Waals surface area contributed by atoms with Gasteiger partial charge in [0.1, 0.15) is 18.0 Å². The molecule has 6 heteroatoms. The van der Waals surface area contributed by atoms with Crippen LogP contribution in [0.25, 0.3) is 0 Å². The van der Waals surface area contributed by atoms with E-state index < -0.39 is 0 Å². The standard InChI is InChI=1S/C10H14N6/c1-6-7(2)14-9(4-11-6)15-8(3)10-12-5-13-16-10/h4-5,8H,1-3H3,(H,14,15)(H,12,13,16). The lowest BCUT2D eigenvalue weighted by Gasteiger charge is -2.12. The number of aryl methyl sites for hydroxylation is 2. The van der Waals surface area contributed by atoms with Crippen LogP contribution in [0.5, 0.6) is 0 Å². The zero-order valence-electron chi connectivity index (χ0n) is 9.52. The molecular formula is C10H14N6. The van der Waals surface area contributed by atoms with Crippen molar-refractivity contribution in [1.29, 1.82) is 0 Å². The van der Waals surface area contributed by atoms with Gasteiger partial charge in [-0.1, -0.05) is 0 Å². The lowest BCUT2D eigenvalue weighted by molar-refractivity contribution is 0.786. The van der Waals surface area contributed by atoms with E-state index in [1.165, 1.54) is 6.33 Å². The summed E-state index contributed by atoms with van der Waals surface area (Å²) < 4.78 is 0. The third-order valence-electron chi connectivity index (χ3n) is 2.40. The summed E-state index contributed by atoms with van der Waals surface area (Å²) in [6, 6.07) is 0.0268. The summed E-state index contributed by atoms with van der Waals surface area (Å²) in [7, 11) is 0. The van der Waals surface area contributed by atoms with Crippen LogP contribution < -0.4 is 5.32 Å². The van der Waals surface area contributed by atoms with Crippen LogP contribution in [0.3, 0.4) is 0 Å². The number of aromatic amines is 1. The van der Waals surface area contributed by atoms with Gasteiger partial charge in [-0.15, -0.1) is 0 Å². The fourth-order valence-electron chi connectivity index (χ4n) is 1.33. The van der Waals surface area contributed by atoms with E-state index in [1.54, 1.807) is 6.20 Å². The summed E-state index contributed by atoms with van der Waals surface area (Å²) in [4.78, 5) is 12.7. The van der Waals surface area contributed by atoms with Crippen molar-refractivity contribution in [2.45, 2.75) is 26.8 Å². The molecule has 0 saturated carbocycles. The molecule has 0 spiro atoms. The fourth-order valence-corrected chi connectivity index (χ4v) is 1.33. The summed E-state index contributed by atoms with van der Waals surface area (Å²) in [5.74, 6) is 1.52. The van der Waals surface area contributed by atoms with Gasteiger partial charge >= 0.3 is 0 Å². The van der Waals surface area contributed by atoms with Crippen molar-refractivity contribution >= 4 is 5.82 Å². The molecule has 0 bridgehead atoms. The Labute approximate surface area is 93.6 Å². The predicted octanol–water partition coefficient (Wildman–Crippen LogP) is 1.38. The van der Waals surface area contributed by atoms with Crippen LogP contribution in [-0.2, 0) is 0 Å².